The van der Waals surface area contributed by atoms with Gasteiger partial charge in [0.05, 0.1) is 0 Å². The Morgan fingerprint density at radius 2 is 0.846 bits per heavy atom. The fourth-order valence-electron chi connectivity index (χ4n) is 1.61. The molecular formula is C12H4BrF13. The number of benzene rings is 1. The zero-order valence-corrected chi connectivity index (χ0v) is 13.2. The van der Waals surface area contributed by atoms with Gasteiger partial charge in [-0.1, -0.05) is 28.1 Å². The zero-order valence-electron chi connectivity index (χ0n) is 11.6. The number of hydrogen-bond donors (Lipinski definition) is 0. The van der Waals surface area contributed by atoms with Gasteiger partial charge in [0.1, 0.15) is 0 Å². The SMILES string of the molecule is FC(F)(F)C(F)(F)C(F)(F)C(F)(F)C(F)(F)C(F)(F)c1ccc(Br)cc1. The summed E-state index contributed by atoms with van der Waals surface area (Å²) in [5.74, 6) is -36.9. The van der Waals surface area contributed by atoms with Crippen LogP contribution in [-0.2, 0) is 5.92 Å². The summed E-state index contributed by atoms with van der Waals surface area (Å²) in [4.78, 5) is 0. The van der Waals surface area contributed by atoms with Crippen molar-refractivity contribution in [2.75, 3.05) is 0 Å². The molecule has 1 aromatic rings. The van der Waals surface area contributed by atoms with E-state index in [2.05, 4.69) is 15.9 Å². The van der Waals surface area contributed by atoms with Crippen molar-refractivity contribution in [3.63, 3.8) is 0 Å². The predicted octanol–water partition coefficient (Wildman–Crippen LogP) is 6.64. The lowest BCUT2D eigenvalue weighted by Gasteiger charge is -2.39. The molecule has 0 aromatic heterocycles. The molecule has 0 saturated carbocycles. The Hall–Kier alpha value is -1.21. The summed E-state index contributed by atoms with van der Waals surface area (Å²) in [5, 5.41) is 0. The van der Waals surface area contributed by atoms with Crippen LogP contribution in [0.5, 0.6) is 0 Å². The molecule has 0 saturated heterocycles. The van der Waals surface area contributed by atoms with Crippen LogP contribution < -0.4 is 0 Å². The van der Waals surface area contributed by atoms with Crippen molar-refractivity contribution in [3.8, 4) is 0 Å². The minimum atomic E-state index is -7.89. The lowest BCUT2D eigenvalue weighted by atomic mass is 9.90. The Morgan fingerprint density at radius 3 is 1.19 bits per heavy atom. The third-order valence-electron chi connectivity index (χ3n) is 3.14. The first-order valence-electron chi connectivity index (χ1n) is 5.97. The van der Waals surface area contributed by atoms with E-state index in [4.69, 9.17) is 0 Å². The van der Waals surface area contributed by atoms with E-state index in [1.807, 2.05) is 0 Å². The van der Waals surface area contributed by atoms with Crippen molar-refractivity contribution in [2.24, 2.45) is 0 Å². The Bertz CT molecular complexity index is 644. The minimum absolute atomic E-state index is 0.0407. The van der Waals surface area contributed by atoms with E-state index in [1.165, 1.54) is 0 Å². The van der Waals surface area contributed by atoms with Crippen molar-refractivity contribution in [3.05, 3.63) is 34.3 Å². The first kappa shape index (κ1) is 22.8. The summed E-state index contributed by atoms with van der Waals surface area (Å²) in [7, 11) is 0. The molecule has 0 aliphatic carbocycles. The van der Waals surface area contributed by atoms with Gasteiger partial charge in [0.25, 0.3) is 0 Å². The van der Waals surface area contributed by atoms with Crippen molar-refractivity contribution in [2.45, 2.75) is 35.8 Å². The van der Waals surface area contributed by atoms with Crippen LogP contribution >= 0.6 is 15.9 Å². The molecule has 0 aliphatic heterocycles. The van der Waals surface area contributed by atoms with Crippen LogP contribution in [0.2, 0.25) is 0 Å². The maximum Gasteiger partial charge on any atom is 0.460 e. The zero-order chi connectivity index (χ0) is 21.0. The summed E-state index contributed by atoms with van der Waals surface area (Å²) < 4.78 is 168. The average Bonchev–Trinajstić information content (AvgIpc) is 2.45. The first-order chi connectivity index (χ1) is 11.2. The number of rotatable bonds is 5. The first-order valence-corrected chi connectivity index (χ1v) is 6.76. The molecular weight excluding hydrogens is 471 g/mol. The molecule has 0 amide bonds. The fraction of sp³-hybridized carbons (Fsp3) is 0.500. The molecule has 0 spiro atoms. The smallest absolute Gasteiger partial charge is 0.194 e. The summed E-state index contributed by atoms with van der Waals surface area (Å²) in [6, 6.07) is 1.32. The molecule has 0 fully saturated rings. The molecule has 0 unspecified atom stereocenters. The van der Waals surface area contributed by atoms with Crippen LogP contribution in [0.4, 0.5) is 57.1 Å². The van der Waals surface area contributed by atoms with Crippen LogP contribution in [-0.4, -0.2) is 29.9 Å². The van der Waals surface area contributed by atoms with Gasteiger partial charge in [-0.2, -0.15) is 57.1 Å². The minimum Gasteiger partial charge on any atom is -0.194 e. The Morgan fingerprint density at radius 1 is 0.500 bits per heavy atom. The highest BCUT2D eigenvalue weighted by atomic mass is 79.9. The average molecular weight is 475 g/mol. The van der Waals surface area contributed by atoms with E-state index in [9.17, 15) is 57.1 Å². The van der Waals surface area contributed by atoms with Crippen LogP contribution in [0.25, 0.3) is 0 Å². The number of hydrogen-bond acceptors (Lipinski definition) is 0. The van der Waals surface area contributed by atoms with Crippen LogP contribution in [0.3, 0.4) is 0 Å². The van der Waals surface area contributed by atoms with Crippen LogP contribution in [0.15, 0.2) is 28.7 Å². The maximum atomic E-state index is 13.7. The summed E-state index contributed by atoms with van der Waals surface area (Å²) in [6.45, 7) is 0. The van der Waals surface area contributed by atoms with Gasteiger partial charge in [0.2, 0.25) is 0 Å². The third kappa shape index (κ3) is 3.03. The second-order valence-electron chi connectivity index (χ2n) is 4.88. The summed E-state index contributed by atoms with van der Waals surface area (Å²) in [6.07, 6.45) is -7.41. The van der Waals surface area contributed by atoms with E-state index < -0.39 is 41.4 Å². The molecule has 1 rings (SSSR count). The lowest BCUT2D eigenvalue weighted by Crippen LogP contribution is -2.69. The Kier molecular flexibility index (Phi) is 5.41. The van der Waals surface area contributed by atoms with Gasteiger partial charge in [0.15, 0.2) is 0 Å². The van der Waals surface area contributed by atoms with Crippen molar-refractivity contribution < 1.29 is 57.1 Å². The Labute approximate surface area is 144 Å². The highest BCUT2D eigenvalue weighted by Crippen LogP contribution is 2.62. The fourth-order valence-corrected chi connectivity index (χ4v) is 1.87. The van der Waals surface area contributed by atoms with Gasteiger partial charge in [-0.15, -0.1) is 0 Å². The molecule has 0 atom stereocenters. The van der Waals surface area contributed by atoms with Crippen LogP contribution in [0.1, 0.15) is 5.56 Å². The molecule has 0 radical (unpaired) electrons. The second kappa shape index (κ2) is 6.16. The van der Waals surface area contributed by atoms with Gasteiger partial charge in [-0.3, -0.25) is 0 Å². The summed E-state index contributed by atoms with van der Waals surface area (Å²) in [5.41, 5.74) is -2.02. The topological polar surface area (TPSA) is 0 Å². The highest BCUT2D eigenvalue weighted by Gasteiger charge is 2.90. The van der Waals surface area contributed by atoms with Crippen molar-refractivity contribution >= 4 is 15.9 Å². The monoisotopic (exact) mass is 474 g/mol. The van der Waals surface area contributed by atoms with E-state index in [0.717, 1.165) is 0 Å². The van der Waals surface area contributed by atoms with Gasteiger partial charge < -0.3 is 0 Å². The molecule has 0 heterocycles. The number of alkyl halides is 13. The van der Waals surface area contributed by atoms with Crippen LogP contribution in [0, 0.1) is 0 Å². The lowest BCUT2D eigenvalue weighted by molar-refractivity contribution is -0.441. The largest absolute Gasteiger partial charge is 0.460 e. The molecule has 0 bridgehead atoms. The molecule has 14 heteroatoms. The van der Waals surface area contributed by atoms with Gasteiger partial charge in [0, 0.05) is 10.0 Å². The van der Waals surface area contributed by atoms with Gasteiger partial charge in [-0.25, -0.2) is 0 Å². The molecule has 1 aromatic carbocycles. The van der Waals surface area contributed by atoms with E-state index in [-0.39, 0.29) is 16.6 Å². The van der Waals surface area contributed by atoms with Crippen molar-refractivity contribution in [1.82, 2.24) is 0 Å². The van der Waals surface area contributed by atoms with Gasteiger partial charge in [-0.05, 0) is 12.1 Å². The molecule has 0 N–H and O–H groups in total. The van der Waals surface area contributed by atoms with Gasteiger partial charge >= 0.3 is 35.8 Å². The van der Waals surface area contributed by atoms with E-state index in [1.54, 1.807) is 0 Å². The van der Waals surface area contributed by atoms with Crippen molar-refractivity contribution in [1.29, 1.82) is 0 Å². The normalized spacial score (nSPS) is 15.3. The third-order valence-corrected chi connectivity index (χ3v) is 3.67. The maximum absolute atomic E-state index is 13.7. The van der Waals surface area contributed by atoms with E-state index in [0.29, 0.717) is 12.1 Å². The molecule has 0 nitrogen and oxygen atoms in total. The Balaban J connectivity index is 3.55. The second-order valence-corrected chi connectivity index (χ2v) is 5.79. The highest BCUT2D eigenvalue weighted by molar-refractivity contribution is 9.10. The molecule has 26 heavy (non-hydrogen) atoms. The van der Waals surface area contributed by atoms with E-state index >= 15 is 0 Å². The standard InChI is InChI=1S/C12H4BrF13/c13-6-3-1-5(2-4-6)7(14,15)8(16,17)9(18,19)10(20,21)11(22,23)12(24,25)26/h1-4H. The quantitative estimate of drug-likeness (QED) is 0.419. The molecule has 150 valence electrons. The molecule has 0 aliphatic rings. The predicted molar refractivity (Wildman–Crippen MR) is 63.9 cm³/mol. The summed E-state index contributed by atoms with van der Waals surface area (Å²) >= 11 is 2.66. The number of halogens is 14.